The molecule has 0 amide bonds. The van der Waals surface area contributed by atoms with E-state index in [0.29, 0.717) is 5.69 Å². The van der Waals surface area contributed by atoms with Crippen molar-refractivity contribution in [3.8, 4) is 11.4 Å². The highest BCUT2D eigenvalue weighted by Gasteiger charge is 2.38. The number of pyridine rings is 1. The summed E-state index contributed by atoms with van der Waals surface area (Å²) >= 11 is 4.57. The van der Waals surface area contributed by atoms with Crippen molar-refractivity contribution in [3.63, 3.8) is 0 Å². The Hall–Kier alpha value is -2.77. The van der Waals surface area contributed by atoms with Crippen molar-refractivity contribution in [1.82, 2.24) is 4.57 Å². The molecule has 0 bridgehead atoms. The number of benzene rings is 2. The number of aromatic hydroxyl groups is 1. The Bertz CT molecular complexity index is 1450. The predicted molar refractivity (Wildman–Crippen MR) is 120 cm³/mol. The fourth-order valence-electron chi connectivity index (χ4n) is 3.98. The van der Waals surface area contributed by atoms with E-state index < -0.39 is 16.6 Å². The minimum Gasteiger partial charge on any atom is -0.505 e. The van der Waals surface area contributed by atoms with Crippen LogP contribution in [0.2, 0.25) is 0 Å². The molecule has 2 aromatic heterocycles. The molecule has 4 aromatic rings. The number of nitrogens with zero attached hydrogens (tertiary/aromatic N) is 1. The molecule has 3 heterocycles. The van der Waals surface area contributed by atoms with Crippen LogP contribution in [-0.2, 0) is 5.41 Å². The highest BCUT2D eigenvalue weighted by atomic mass is 79.9. The lowest BCUT2D eigenvalue weighted by Crippen LogP contribution is -2.24. The largest absolute Gasteiger partial charge is 0.505 e. The van der Waals surface area contributed by atoms with Gasteiger partial charge >= 0.3 is 5.63 Å². The zero-order valence-corrected chi connectivity index (χ0v) is 18.5. The molecule has 2 aromatic carbocycles. The number of halogens is 1. The van der Waals surface area contributed by atoms with Crippen LogP contribution in [0.15, 0.2) is 82.9 Å². The maximum absolute atomic E-state index is 13.5. The van der Waals surface area contributed by atoms with Gasteiger partial charge in [-0.3, -0.25) is 9.36 Å². The van der Waals surface area contributed by atoms with Crippen LogP contribution < -0.4 is 11.2 Å². The van der Waals surface area contributed by atoms with Crippen molar-refractivity contribution < 1.29 is 9.52 Å². The molecule has 150 valence electrons. The van der Waals surface area contributed by atoms with Gasteiger partial charge in [0.1, 0.15) is 15.9 Å². The van der Waals surface area contributed by atoms with Crippen LogP contribution >= 0.6 is 27.7 Å². The average Bonchev–Trinajstić information content (AvgIpc) is 2.93. The molecule has 5 rings (SSSR count). The van der Waals surface area contributed by atoms with Gasteiger partial charge in [-0.25, -0.2) is 4.79 Å². The predicted octanol–water partition coefficient (Wildman–Crippen LogP) is 5.20. The van der Waals surface area contributed by atoms with Crippen molar-refractivity contribution >= 4 is 38.7 Å². The van der Waals surface area contributed by atoms with Gasteiger partial charge in [0, 0.05) is 26.5 Å². The molecule has 0 unspecified atom stereocenters. The van der Waals surface area contributed by atoms with Crippen LogP contribution in [0, 0.1) is 0 Å². The van der Waals surface area contributed by atoms with Gasteiger partial charge in [-0.2, -0.15) is 0 Å². The van der Waals surface area contributed by atoms with E-state index in [0.717, 1.165) is 32.4 Å². The van der Waals surface area contributed by atoms with E-state index in [1.807, 2.05) is 62.4 Å². The van der Waals surface area contributed by atoms with E-state index in [1.54, 1.807) is 10.6 Å². The fourth-order valence-corrected chi connectivity index (χ4v) is 5.19. The Morgan fingerprint density at radius 1 is 1.07 bits per heavy atom. The second-order valence-corrected chi connectivity index (χ2v) is 9.68. The van der Waals surface area contributed by atoms with Crippen LogP contribution in [0.3, 0.4) is 0 Å². The van der Waals surface area contributed by atoms with Crippen molar-refractivity contribution in [2.75, 3.05) is 0 Å². The maximum atomic E-state index is 13.5. The second-order valence-electron chi connectivity index (χ2n) is 7.68. The lowest BCUT2D eigenvalue weighted by Gasteiger charge is -2.20. The Morgan fingerprint density at radius 2 is 1.80 bits per heavy atom. The number of rotatable bonds is 2. The SMILES string of the molecule is CC1(C)c2cc(Br)ccc2-n2c1cc1oc(=O)c(Sc3ccccc3)c(O)c1c2=O. The normalized spacial score (nSPS) is 14.0. The smallest absolute Gasteiger partial charge is 0.354 e. The van der Waals surface area contributed by atoms with Crippen LogP contribution in [0.5, 0.6) is 5.75 Å². The van der Waals surface area contributed by atoms with Crippen molar-refractivity contribution in [2.24, 2.45) is 0 Å². The first-order chi connectivity index (χ1) is 14.3. The van der Waals surface area contributed by atoms with E-state index in [4.69, 9.17) is 4.42 Å². The first-order valence-corrected chi connectivity index (χ1v) is 10.9. The van der Waals surface area contributed by atoms with Crippen molar-refractivity contribution in [3.05, 3.63) is 91.1 Å². The molecule has 0 radical (unpaired) electrons. The van der Waals surface area contributed by atoms with Crippen LogP contribution in [-0.4, -0.2) is 9.67 Å². The third-order valence-electron chi connectivity index (χ3n) is 5.49. The molecule has 7 heteroatoms. The monoisotopic (exact) mass is 481 g/mol. The van der Waals surface area contributed by atoms with Gasteiger partial charge in [0.2, 0.25) is 0 Å². The van der Waals surface area contributed by atoms with Gasteiger partial charge < -0.3 is 9.52 Å². The van der Waals surface area contributed by atoms with E-state index in [1.165, 1.54) is 0 Å². The third kappa shape index (κ3) is 2.69. The molecule has 30 heavy (non-hydrogen) atoms. The minimum absolute atomic E-state index is 0.000336. The fraction of sp³-hybridized carbons (Fsp3) is 0.130. The quantitative estimate of drug-likeness (QED) is 0.425. The number of fused-ring (bicyclic) bond motifs is 4. The standard InChI is InChI=1S/C23H16BrNO4S/c1-23(2)14-10-12(24)8-9-15(14)25-17(23)11-16-18(21(25)27)19(26)20(22(28)29-16)30-13-6-4-3-5-7-13/h3-11,26H,1-2H3. The molecular weight excluding hydrogens is 466 g/mol. The molecule has 0 saturated heterocycles. The zero-order chi connectivity index (χ0) is 21.2. The highest BCUT2D eigenvalue weighted by Crippen LogP contribution is 2.44. The van der Waals surface area contributed by atoms with Gasteiger partial charge in [-0.1, -0.05) is 59.7 Å². The topological polar surface area (TPSA) is 72.4 Å². The molecule has 0 atom stereocenters. The zero-order valence-electron chi connectivity index (χ0n) is 16.1. The Balaban J connectivity index is 1.82. The summed E-state index contributed by atoms with van der Waals surface area (Å²) in [6.07, 6.45) is 0. The number of hydrogen-bond acceptors (Lipinski definition) is 5. The van der Waals surface area contributed by atoms with Crippen molar-refractivity contribution in [1.29, 1.82) is 0 Å². The molecule has 1 N–H and O–H groups in total. The second kappa shape index (κ2) is 6.62. The van der Waals surface area contributed by atoms with Crippen LogP contribution in [0.4, 0.5) is 0 Å². The summed E-state index contributed by atoms with van der Waals surface area (Å²) in [7, 11) is 0. The van der Waals surface area contributed by atoms with E-state index in [-0.39, 0.29) is 21.6 Å². The van der Waals surface area contributed by atoms with E-state index >= 15 is 0 Å². The lowest BCUT2D eigenvalue weighted by molar-refractivity contribution is 0.445. The molecule has 0 fully saturated rings. The number of aromatic nitrogens is 1. The summed E-state index contributed by atoms with van der Waals surface area (Å²) in [4.78, 5) is 26.9. The Morgan fingerprint density at radius 3 is 2.53 bits per heavy atom. The first kappa shape index (κ1) is 19.2. The Kier molecular flexibility index (Phi) is 4.24. The summed E-state index contributed by atoms with van der Waals surface area (Å²) in [5, 5.41) is 10.9. The van der Waals surface area contributed by atoms with E-state index in [2.05, 4.69) is 15.9 Å². The lowest BCUT2D eigenvalue weighted by atomic mass is 9.83. The molecule has 1 aliphatic rings. The molecule has 5 nitrogen and oxygen atoms in total. The summed E-state index contributed by atoms with van der Waals surface area (Å²) in [6, 6.07) is 16.6. The summed E-state index contributed by atoms with van der Waals surface area (Å²) < 4.78 is 8.02. The molecule has 0 aliphatic carbocycles. The number of hydrogen-bond donors (Lipinski definition) is 1. The van der Waals surface area contributed by atoms with Crippen molar-refractivity contribution in [2.45, 2.75) is 29.1 Å². The Labute approximate surface area is 184 Å². The molecule has 0 spiro atoms. The van der Waals surface area contributed by atoms with E-state index in [9.17, 15) is 14.7 Å². The summed E-state index contributed by atoms with van der Waals surface area (Å²) in [5.74, 6) is -0.348. The van der Waals surface area contributed by atoms with Crippen LogP contribution in [0.25, 0.3) is 16.7 Å². The van der Waals surface area contributed by atoms with Gasteiger partial charge in [-0.15, -0.1) is 0 Å². The van der Waals surface area contributed by atoms with Gasteiger partial charge in [0.15, 0.2) is 5.75 Å². The molecule has 1 aliphatic heterocycles. The maximum Gasteiger partial charge on any atom is 0.354 e. The van der Waals surface area contributed by atoms with Gasteiger partial charge in [0.25, 0.3) is 5.56 Å². The first-order valence-electron chi connectivity index (χ1n) is 9.28. The molecular formula is C23H16BrNO4S. The minimum atomic E-state index is -0.672. The summed E-state index contributed by atoms with van der Waals surface area (Å²) in [5.41, 5.74) is 0.975. The highest BCUT2D eigenvalue weighted by molar-refractivity contribution is 9.10. The molecule has 0 saturated carbocycles. The van der Waals surface area contributed by atoms with Gasteiger partial charge in [0.05, 0.1) is 5.69 Å². The van der Waals surface area contributed by atoms with Crippen LogP contribution in [0.1, 0.15) is 25.1 Å². The average molecular weight is 482 g/mol. The third-order valence-corrected chi connectivity index (χ3v) is 7.05. The van der Waals surface area contributed by atoms with Gasteiger partial charge in [-0.05, 0) is 35.9 Å². The summed E-state index contributed by atoms with van der Waals surface area (Å²) in [6.45, 7) is 4.03.